The Morgan fingerprint density at radius 3 is 2.17 bits per heavy atom. The zero-order chi connectivity index (χ0) is 20.5. The van der Waals surface area contributed by atoms with E-state index in [1.165, 1.54) is 6.33 Å². The molecular weight excluding hydrogens is 370 g/mol. The highest BCUT2D eigenvalue weighted by atomic mass is 16.5. The monoisotopic (exact) mass is 393 g/mol. The average molecular weight is 393 g/mol. The first-order valence-electron chi connectivity index (χ1n) is 9.11. The van der Waals surface area contributed by atoms with Crippen LogP contribution in [0.5, 0.6) is 11.5 Å². The standard InChI is InChI=1S/C22H23N3O4/c1-4-16-5-7-17(8-6-16)25-22-18-13-20(28-11-9-26-2)21(29-12-10-27-3)14-19(18)23-15-24-22/h1,5-8,13-15H,9-12H2,2-3H3,(H,23,24,25). The minimum absolute atomic E-state index is 0.395. The molecule has 29 heavy (non-hydrogen) atoms. The highest BCUT2D eigenvalue weighted by Crippen LogP contribution is 2.35. The summed E-state index contributed by atoms with van der Waals surface area (Å²) in [5.74, 6) is 4.44. The van der Waals surface area contributed by atoms with Gasteiger partial charge in [-0.1, -0.05) is 5.92 Å². The van der Waals surface area contributed by atoms with Crippen LogP contribution in [0.25, 0.3) is 10.9 Å². The molecule has 1 aromatic heterocycles. The van der Waals surface area contributed by atoms with E-state index < -0.39 is 0 Å². The molecule has 3 aromatic rings. The van der Waals surface area contributed by atoms with E-state index in [1.54, 1.807) is 14.2 Å². The number of benzene rings is 2. The zero-order valence-corrected chi connectivity index (χ0v) is 16.5. The summed E-state index contributed by atoms with van der Waals surface area (Å²) in [6, 6.07) is 11.2. The molecule has 2 aromatic carbocycles. The molecule has 0 atom stereocenters. The number of terminal acetylenes is 1. The number of ether oxygens (including phenoxy) is 4. The fraction of sp³-hybridized carbons (Fsp3) is 0.273. The number of hydrogen-bond acceptors (Lipinski definition) is 7. The van der Waals surface area contributed by atoms with Gasteiger partial charge in [0.2, 0.25) is 0 Å². The molecule has 0 aliphatic heterocycles. The molecule has 0 spiro atoms. The number of nitrogens with zero attached hydrogens (tertiary/aromatic N) is 2. The Morgan fingerprint density at radius 1 is 0.897 bits per heavy atom. The molecule has 0 saturated heterocycles. The third-order valence-electron chi connectivity index (χ3n) is 4.11. The van der Waals surface area contributed by atoms with Gasteiger partial charge in [0.25, 0.3) is 0 Å². The van der Waals surface area contributed by atoms with Crippen LogP contribution in [0.3, 0.4) is 0 Å². The number of aromatic nitrogens is 2. The minimum atomic E-state index is 0.395. The summed E-state index contributed by atoms with van der Waals surface area (Å²) in [5, 5.41) is 4.11. The topological polar surface area (TPSA) is 74.7 Å². The van der Waals surface area contributed by atoms with Gasteiger partial charge in [-0.25, -0.2) is 9.97 Å². The van der Waals surface area contributed by atoms with Gasteiger partial charge in [0.05, 0.1) is 18.7 Å². The largest absolute Gasteiger partial charge is 0.487 e. The zero-order valence-electron chi connectivity index (χ0n) is 16.5. The maximum atomic E-state index is 5.86. The second-order valence-corrected chi connectivity index (χ2v) is 6.07. The van der Waals surface area contributed by atoms with Crippen molar-refractivity contribution in [3.8, 4) is 23.8 Å². The first-order valence-corrected chi connectivity index (χ1v) is 9.11. The Kier molecular flexibility index (Phi) is 7.22. The minimum Gasteiger partial charge on any atom is -0.487 e. The van der Waals surface area contributed by atoms with E-state index in [0.29, 0.717) is 43.7 Å². The summed E-state index contributed by atoms with van der Waals surface area (Å²) in [7, 11) is 3.25. The SMILES string of the molecule is C#Cc1ccc(Nc2ncnc3cc(OCCOC)c(OCCOC)cc23)cc1. The van der Waals surface area contributed by atoms with E-state index in [0.717, 1.165) is 22.2 Å². The van der Waals surface area contributed by atoms with E-state index in [-0.39, 0.29) is 0 Å². The first-order chi connectivity index (χ1) is 14.2. The Hall–Kier alpha value is -3.34. The molecule has 0 amide bonds. The van der Waals surface area contributed by atoms with Crippen LogP contribution in [-0.4, -0.2) is 50.6 Å². The van der Waals surface area contributed by atoms with Gasteiger partial charge in [0, 0.05) is 36.9 Å². The van der Waals surface area contributed by atoms with Crippen molar-refractivity contribution in [2.75, 3.05) is 46.0 Å². The Bertz CT molecular complexity index is 984. The van der Waals surface area contributed by atoms with Crippen molar-refractivity contribution in [3.05, 3.63) is 48.3 Å². The van der Waals surface area contributed by atoms with E-state index >= 15 is 0 Å². The van der Waals surface area contributed by atoms with Gasteiger partial charge in [0.1, 0.15) is 25.4 Å². The highest BCUT2D eigenvalue weighted by Gasteiger charge is 2.13. The number of hydrogen-bond donors (Lipinski definition) is 1. The van der Waals surface area contributed by atoms with Crippen LogP contribution in [0.4, 0.5) is 11.5 Å². The molecule has 0 saturated carbocycles. The fourth-order valence-corrected chi connectivity index (χ4v) is 2.65. The van der Waals surface area contributed by atoms with Crippen LogP contribution >= 0.6 is 0 Å². The lowest BCUT2D eigenvalue weighted by atomic mass is 10.2. The Morgan fingerprint density at radius 2 is 1.55 bits per heavy atom. The molecule has 3 rings (SSSR count). The lowest BCUT2D eigenvalue weighted by molar-refractivity contribution is 0.132. The lowest BCUT2D eigenvalue weighted by Gasteiger charge is -2.15. The van der Waals surface area contributed by atoms with Crippen LogP contribution in [-0.2, 0) is 9.47 Å². The van der Waals surface area contributed by atoms with Crippen molar-refractivity contribution in [1.29, 1.82) is 0 Å². The lowest BCUT2D eigenvalue weighted by Crippen LogP contribution is -2.09. The van der Waals surface area contributed by atoms with Gasteiger partial charge in [-0.3, -0.25) is 0 Å². The molecule has 0 radical (unpaired) electrons. The second-order valence-electron chi connectivity index (χ2n) is 6.07. The smallest absolute Gasteiger partial charge is 0.163 e. The van der Waals surface area contributed by atoms with Crippen LogP contribution < -0.4 is 14.8 Å². The van der Waals surface area contributed by atoms with Crippen LogP contribution in [0.1, 0.15) is 5.56 Å². The van der Waals surface area contributed by atoms with E-state index in [2.05, 4.69) is 21.2 Å². The molecule has 0 aliphatic carbocycles. The summed E-state index contributed by atoms with van der Waals surface area (Å²) in [6.45, 7) is 1.74. The molecule has 7 heteroatoms. The van der Waals surface area contributed by atoms with Crippen molar-refractivity contribution < 1.29 is 18.9 Å². The molecule has 7 nitrogen and oxygen atoms in total. The third-order valence-corrected chi connectivity index (χ3v) is 4.11. The van der Waals surface area contributed by atoms with Crippen LogP contribution in [0.15, 0.2) is 42.7 Å². The van der Waals surface area contributed by atoms with Crippen LogP contribution in [0.2, 0.25) is 0 Å². The van der Waals surface area contributed by atoms with Crippen molar-refractivity contribution in [3.63, 3.8) is 0 Å². The summed E-state index contributed by atoms with van der Waals surface area (Å²) in [4.78, 5) is 8.75. The van der Waals surface area contributed by atoms with E-state index in [4.69, 9.17) is 25.4 Å². The number of nitrogens with one attached hydrogen (secondary N) is 1. The highest BCUT2D eigenvalue weighted by molar-refractivity contribution is 5.93. The summed E-state index contributed by atoms with van der Waals surface area (Å²) in [5.41, 5.74) is 2.41. The van der Waals surface area contributed by atoms with Crippen molar-refractivity contribution in [1.82, 2.24) is 9.97 Å². The predicted octanol–water partition coefficient (Wildman–Crippen LogP) is 3.41. The molecule has 150 valence electrons. The van der Waals surface area contributed by atoms with Gasteiger partial charge >= 0.3 is 0 Å². The number of fused-ring (bicyclic) bond motifs is 1. The summed E-state index contributed by atoms with van der Waals surface area (Å²) < 4.78 is 21.8. The first kappa shape index (κ1) is 20.4. The van der Waals surface area contributed by atoms with Crippen LogP contribution in [0, 0.1) is 12.3 Å². The van der Waals surface area contributed by atoms with E-state index in [1.807, 2.05) is 36.4 Å². The molecule has 1 N–H and O–H groups in total. The Labute approximate surface area is 170 Å². The normalized spacial score (nSPS) is 10.5. The van der Waals surface area contributed by atoms with Crippen molar-refractivity contribution in [2.45, 2.75) is 0 Å². The predicted molar refractivity (Wildman–Crippen MR) is 112 cm³/mol. The maximum Gasteiger partial charge on any atom is 0.163 e. The number of anilines is 2. The van der Waals surface area contributed by atoms with Gasteiger partial charge < -0.3 is 24.3 Å². The molecule has 0 unspecified atom stereocenters. The number of rotatable bonds is 10. The van der Waals surface area contributed by atoms with Crippen molar-refractivity contribution in [2.24, 2.45) is 0 Å². The van der Waals surface area contributed by atoms with Gasteiger partial charge in [-0.05, 0) is 30.3 Å². The van der Waals surface area contributed by atoms with E-state index in [9.17, 15) is 0 Å². The fourth-order valence-electron chi connectivity index (χ4n) is 2.65. The molecule has 0 fully saturated rings. The van der Waals surface area contributed by atoms with Gasteiger partial charge in [-0.15, -0.1) is 6.42 Å². The van der Waals surface area contributed by atoms with Gasteiger partial charge in [0.15, 0.2) is 11.5 Å². The third kappa shape index (κ3) is 5.35. The Balaban J connectivity index is 1.93. The molecule has 0 aliphatic rings. The average Bonchev–Trinajstić information content (AvgIpc) is 2.75. The summed E-state index contributed by atoms with van der Waals surface area (Å²) in [6.07, 6.45) is 6.92. The molecule has 1 heterocycles. The molecule has 0 bridgehead atoms. The molecular formula is C22H23N3O4. The second kappa shape index (κ2) is 10.3. The number of methoxy groups -OCH3 is 2. The van der Waals surface area contributed by atoms with Gasteiger partial charge in [-0.2, -0.15) is 0 Å². The van der Waals surface area contributed by atoms with Crippen molar-refractivity contribution >= 4 is 22.4 Å². The summed E-state index contributed by atoms with van der Waals surface area (Å²) >= 11 is 0. The quantitative estimate of drug-likeness (QED) is 0.418. The maximum absolute atomic E-state index is 5.86.